The number of nitriles is 1. The molecule has 144 valence electrons. The third-order valence-corrected chi connectivity index (χ3v) is 4.40. The van der Waals surface area contributed by atoms with Crippen molar-refractivity contribution in [3.8, 4) is 17.3 Å². The molecule has 3 rings (SSSR count). The normalized spacial score (nSPS) is 13.0. The van der Waals surface area contributed by atoms with Crippen LogP contribution in [0.2, 0.25) is 5.02 Å². The molecule has 3 N–H and O–H groups in total. The highest BCUT2D eigenvalue weighted by Crippen LogP contribution is 2.24. The Morgan fingerprint density at radius 3 is 2.86 bits per heavy atom. The van der Waals surface area contributed by atoms with E-state index in [0.717, 1.165) is 11.3 Å². The van der Waals surface area contributed by atoms with Gasteiger partial charge in [0, 0.05) is 24.0 Å². The van der Waals surface area contributed by atoms with Crippen molar-refractivity contribution in [1.29, 1.82) is 5.26 Å². The van der Waals surface area contributed by atoms with Crippen LogP contribution >= 0.6 is 11.6 Å². The second-order valence-corrected chi connectivity index (χ2v) is 6.86. The number of hydrogen-bond acceptors (Lipinski definition) is 5. The first kappa shape index (κ1) is 19.6. The molecule has 1 amide bonds. The van der Waals surface area contributed by atoms with Crippen LogP contribution in [-0.2, 0) is 6.54 Å². The largest absolute Gasteiger partial charge is 0.385 e. The van der Waals surface area contributed by atoms with Crippen molar-refractivity contribution in [2.45, 2.75) is 32.5 Å². The number of amides is 1. The van der Waals surface area contributed by atoms with Crippen molar-refractivity contribution < 1.29 is 9.90 Å². The van der Waals surface area contributed by atoms with Gasteiger partial charge in [-0.2, -0.15) is 10.4 Å². The van der Waals surface area contributed by atoms with E-state index >= 15 is 0 Å². The van der Waals surface area contributed by atoms with Gasteiger partial charge in [0.2, 0.25) is 0 Å². The number of aliphatic hydroxyl groups excluding tert-OH is 1. The zero-order chi connectivity index (χ0) is 20.3. The third-order valence-electron chi connectivity index (χ3n) is 4.09. The minimum Gasteiger partial charge on any atom is -0.385 e. The predicted molar refractivity (Wildman–Crippen MR) is 104 cm³/mol. The fourth-order valence-corrected chi connectivity index (χ4v) is 2.90. The third kappa shape index (κ3) is 4.39. The van der Waals surface area contributed by atoms with E-state index in [4.69, 9.17) is 16.9 Å². The Hall–Kier alpha value is -3.15. The van der Waals surface area contributed by atoms with Crippen LogP contribution in [0.25, 0.3) is 11.3 Å². The summed E-state index contributed by atoms with van der Waals surface area (Å²) in [6.45, 7) is 3.89. The fraction of sp³-hybridized carbons (Fsp3) is 0.263. The number of nitrogens with zero attached hydrogens (tertiary/aromatic N) is 4. The van der Waals surface area contributed by atoms with E-state index < -0.39 is 6.10 Å². The Kier molecular flexibility index (Phi) is 5.78. The van der Waals surface area contributed by atoms with E-state index in [9.17, 15) is 9.90 Å². The molecule has 0 aliphatic heterocycles. The average Bonchev–Trinajstić information content (AvgIpc) is 3.31. The zero-order valence-corrected chi connectivity index (χ0v) is 16.1. The quantitative estimate of drug-likeness (QED) is 0.589. The maximum Gasteiger partial charge on any atom is 0.271 e. The van der Waals surface area contributed by atoms with Gasteiger partial charge in [-0.15, -0.1) is 0 Å². The predicted octanol–water partition coefficient (Wildman–Crippen LogP) is 2.67. The molecule has 0 fully saturated rings. The molecule has 0 aliphatic carbocycles. The number of aromatic nitrogens is 4. The van der Waals surface area contributed by atoms with Crippen molar-refractivity contribution in [2.75, 3.05) is 0 Å². The Bertz CT molecular complexity index is 1030. The molecule has 2 heterocycles. The molecule has 0 aliphatic rings. The first-order valence-corrected chi connectivity index (χ1v) is 9.03. The van der Waals surface area contributed by atoms with E-state index in [1.807, 2.05) is 25.3 Å². The second-order valence-electron chi connectivity index (χ2n) is 6.45. The lowest BCUT2D eigenvalue weighted by Gasteiger charge is -2.13. The Labute approximate surface area is 166 Å². The Morgan fingerprint density at radius 2 is 2.21 bits per heavy atom. The van der Waals surface area contributed by atoms with Gasteiger partial charge >= 0.3 is 0 Å². The maximum absolute atomic E-state index is 12.3. The molecule has 0 saturated heterocycles. The minimum atomic E-state index is -0.766. The molecule has 3 aromatic rings. The number of aliphatic hydroxyl groups is 1. The van der Waals surface area contributed by atoms with Crippen molar-refractivity contribution >= 4 is 17.5 Å². The molecule has 2 aromatic heterocycles. The van der Waals surface area contributed by atoms with Gasteiger partial charge in [0.1, 0.15) is 23.7 Å². The highest BCUT2D eigenvalue weighted by Gasteiger charge is 2.15. The van der Waals surface area contributed by atoms with Gasteiger partial charge in [0.25, 0.3) is 5.91 Å². The number of imidazole rings is 1. The topological polar surface area (TPSA) is 120 Å². The van der Waals surface area contributed by atoms with Crippen LogP contribution < -0.4 is 5.32 Å². The highest BCUT2D eigenvalue weighted by atomic mass is 35.5. The molecule has 0 saturated carbocycles. The first-order valence-electron chi connectivity index (χ1n) is 8.65. The number of carbonyl (C=O) groups is 1. The van der Waals surface area contributed by atoms with Gasteiger partial charge in [0.05, 0.1) is 22.8 Å². The molecule has 2 atom stereocenters. The zero-order valence-electron chi connectivity index (χ0n) is 15.3. The monoisotopic (exact) mass is 398 g/mol. The number of nitrogens with one attached hydrogen (secondary N) is 2. The van der Waals surface area contributed by atoms with E-state index in [1.54, 1.807) is 29.8 Å². The number of carbonyl (C=O) groups excluding carboxylic acids is 1. The van der Waals surface area contributed by atoms with E-state index in [2.05, 4.69) is 20.4 Å². The van der Waals surface area contributed by atoms with Crippen LogP contribution in [-0.4, -0.2) is 36.8 Å². The standard InChI is InChI=1S/C19H19ClN6O2/c1-11(23-19(28)17-9-22-18(24-17)12(2)27)10-26-6-5-16(25-26)13-3-4-14(8-21)15(20)7-13/h3-7,9,11-12,27H,10H2,1-2H3,(H,22,24)(H,23,28). The lowest BCUT2D eigenvalue weighted by atomic mass is 10.1. The van der Waals surface area contributed by atoms with Gasteiger partial charge in [-0.3, -0.25) is 9.48 Å². The van der Waals surface area contributed by atoms with Gasteiger partial charge in [-0.05, 0) is 32.0 Å². The summed E-state index contributed by atoms with van der Waals surface area (Å²) in [4.78, 5) is 19.1. The molecule has 0 spiro atoms. The number of aromatic amines is 1. The Morgan fingerprint density at radius 1 is 1.43 bits per heavy atom. The summed E-state index contributed by atoms with van der Waals surface area (Å²) in [5.74, 6) is 0.0116. The lowest BCUT2D eigenvalue weighted by Crippen LogP contribution is -2.36. The average molecular weight is 399 g/mol. The van der Waals surface area contributed by atoms with E-state index in [1.165, 1.54) is 6.20 Å². The van der Waals surface area contributed by atoms with Gasteiger partial charge in [-0.25, -0.2) is 4.98 Å². The van der Waals surface area contributed by atoms with Gasteiger partial charge in [0.15, 0.2) is 0 Å². The van der Waals surface area contributed by atoms with E-state index in [-0.39, 0.29) is 17.6 Å². The molecule has 8 nitrogen and oxygen atoms in total. The van der Waals surface area contributed by atoms with Crippen LogP contribution in [0.15, 0.2) is 36.7 Å². The number of H-pyrrole nitrogens is 1. The second kappa shape index (κ2) is 8.25. The summed E-state index contributed by atoms with van der Waals surface area (Å²) in [5.41, 5.74) is 2.16. The van der Waals surface area contributed by atoms with Gasteiger partial charge < -0.3 is 15.4 Å². The molecular weight excluding hydrogens is 380 g/mol. The smallest absolute Gasteiger partial charge is 0.271 e. The van der Waals surface area contributed by atoms with Gasteiger partial charge in [-0.1, -0.05) is 17.7 Å². The first-order chi connectivity index (χ1) is 13.4. The van der Waals surface area contributed by atoms with Crippen molar-refractivity contribution in [1.82, 2.24) is 25.1 Å². The number of benzene rings is 1. The summed E-state index contributed by atoms with van der Waals surface area (Å²) < 4.78 is 1.72. The molecule has 9 heteroatoms. The molecular formula is C19H19ClN6O2. The summed E-state index contributed by atoms with van der Waals surface area (Å²) >= 11 is 6.08. The summed E-state index contributed by atoms with van der Waals surface area (Å²) in [6.07, 6.45) is 2.51. The lowest BCUT2D eigenvalue weighted by molar-refractivity contribution is 0.0931. The SMILES string of the molecule is CC(Cn1ccc(-c2ccc(C#N)c(Cl)c2)n1)NC(=O)c1c[nH]c(C(C)O)n1. The van der Waals surface area contributed by atoms with Crippen LogP contribution in [0, 0.1) is 11.3 Å². The molecule has 0 bridgehead atoms. The number of rotatable bonds is 6. The van der Waals surface area contributed by atoms with Crippen molar-refractivity contribution in [2.24, 2.45) is 0 Å². The molecule has 2 unspecified atom stereocenters. The highest BCUT2D eigenvalue weighted by molar-refractivity contribution is 6.32. The Balaban J connectivity index is 1.63. The summed E-state index contributed by atoms with van der Waals surface area (Å²) in [5, 5.41) is 26.2. The molecule has 1 aromatic carbocycles. The minimum absolute atomic E-state index is 0.198. The van der Waals surface area contributed by atoms with Crippen molar-refractivity contribution in [3.05, 3.63) is 58.8 Å². The summed E-state index contributed by atoms with van der Waals surface area (Å²) in [7, 11) is 0. The molecule has 28 heavy (non-hydrogen) atoms. The van der Waals surface area contributed by atoms with Crippen LogP contribution in [0.3, 0.4) is 0 Å². The fourth-order valence-electron chi connectivity index (χ4n) is 2.67. The maximum atomic E-state index is 12.3. The van der Waals surface area contributed by atoms with Crippen molar-refractivity contribution in [3.63, 3.8) is 0 Å². The van der Waals surface area contributed by atoms with Crippen LogP contribution in [0.4, 0.5) is 0 Å². The molecule has 0 radical (unpaired) electrons. The summed E-state index contributed by atoms with van der Waals surface area (Å²) in [6, 6.07) is 8.82. The van der Waals surface area contributed by atoms with Crippen LogP contribution in [0.5, 0.6) is 0 Å². The van der Waals surface area contributed by atoms with Crippen LogP contribution in [0.1, 0.15) is 41.8 Å². The number of halogens is 1. The number of hydrogen-bond donors (Lipinski definition) is 3. The van der Waals surface area contributed by atoms with E-state index in [0.29, 0.717) is 23.0 Å².